The maximum absolute atomic E-state index is 12.1. The average molecular weight is 346 g/mol. The molecule has 0 aliphatic heterocycles. The van der Waals surface area contributed by atoms with Crippen LogP contribution < -0.4 is 10.6 Å². The number of carbonyl (C=O) groups is 2. The summed E-state index contributed by atoms with van der Waals surface area (Å²) in [7, 11) is 0. The minimum atomic E-state index is -0.794. The number of anilines is 1. The van der Waals surface area contributed by atoms with Gasteiger partial charge in [-0.1, -0.05) is 6.07 Å². The monoisotopic (exact) mass is 346 g/mol. The summed E-state index contributed by atoms with van der Waals surface area (Å²) >= 11 is 0. The van der Waals surface area contributed by atoms with E-state index in [1.165, 1.54) is 6.33 Å². The molecule has 0 aromatic carbocycles. The largest absolute Gasteiger partial charge is 0.444 e. The minimum Gasteiger partial charge on any atom is -0.444 e. The molecule has 9 nitrogen and oxygen atoms in total. The molecule has 9 heteroatoms. The van der Waals surface area contributed by atoms with Gasteiger partial charge in [-0.2, -0.15) is 0 Å². The minimum absolute atomic E-state index is 0.152. The lowest BCUT2D eigenvalue weighted by Gasteiger charge is -2.21. The second-order valence-electron chi connectivity index (χ2n) is 6.44. The van der Waals surface area contributed by atoms with Crippen LogP contribution in [0.5, 0.6) is 0 Å². The van der Waals surface area contributed by atoms with Crippen LogP contribution in [0.2, 0.25) is 0 Å². The summed E-state index contributed by atoms with van der Waals surface area (Å²) in [5, 5.41) is 9.16. The first-order valence-corrected chi connectivity index (χ1v) is 7.83. The van der Waals surface area contributed by atoms with Crippen molar-refractivity contribution >= 4 is 17.9 Å². The molecule has 2 rings (SSSR count). The van der Waals surface area contributed by atoms with Gasteiger partial charge in [-0.25, -0.2) is 14.5 Å². The van der Waals surface area contributed by atoms with Crippen LogP contribution in [-0.2, 0) is 16.1 Å². The number of hydrogen-bond donors (Lipinski definition) is 2. The molecule has 0 saturated carbocycles. The van der Waals surface area contributed by atoms with Crippen molar-refractivity contribution in [2.24, 2.45) is 0 Å². The maximum Gasteiger partial charge on any atom is 0.408 e. The Labute approximate surface area is 145 Å². The number of aromatic nitrogens is 4. The quantitative estimate of drug-likeness (QED) is 0.850. The number of nitrogens with zero attached hydrogens (tertiary/aromatic N) is 4. The number of ether oxygens (including phenoxy) is 1. The number of nitrogens with one attached hydrogen (secondary N) is 2. The lowest BCUT2D eigenvalue weighted by atomic mass is 10.2. The third kappa shape index (κ3) is 6.21. The summed E-state index contributed by atoms with van der Waals surface area (Å²) in [5.74, 6) is -0.291. The Bertz CT molecular complexity index is 723. The van der Waals surface area contributed by atoms with E-state index in [9.17, 15) is 9.59 Å². The Morgan fingerprint density at radius 2 is 2.04 bits per heavy atom. The van der Waals surface area contributed by atoms with E-state index < -0.39 is 23.6 Å². The molecule has 2 N–H and O–H groups in total. The smallest absolute Gasteiger partial charge is 0.408 e. The van der Waals surface area contributed by atoms with E-state index in [4.69, 9.17) is 4.74 Å². The van der Waals surface area contributed by atoms with Gasteiger partial charge >= 0.3 is 6.09 Å². The second-order valence-corrected chi connectivity index (χ2v) is 6.44. The zero-order chi connectivity index (χ0) is 18.4. The van der Waals surface area contributed by atoms with E-state index in [-0.39, 0.29) is 5.95 Å². The van der Waals surface area contributed by atoms with Crippen LogP contribution in [-0.4, -0.2) is 43.4 Å². The molecule has 2 aromatic heterocycles. The number of amides is 2. The number of rotatable bonds is 5. The molecule has 134 valence electrons. The normalized spacial score (nSPS) is 12.3. The standard InChI is InChI=1S/C16H22N6O3/c1-11(19-15(24)25-16(2,3)4)13(23)20-14-18-10-22(21-14)9-12-7-5-6-8-17-12/h5-8,10-11H,9H2,1-4H3,(H,19,24)(H,20,21,23)/t11-/m1/s1. The highest BCUT2D eigenvalue weighted by atomic mass is 16.6. The first-order chi connectivity index (χ1) is 11.7. The Kier molecular flexibility index (Phi) is 5.68. The number of hydrogen-bond acceptors (Lipinski definition) is 6. The first kappa shape index (κ1) is 18.4. The van der Waals surface area contributed by atoms with Crippen molar-refractivity contribution in [2.75, 3.05) is 5.32 Å². The van der Waals surface area contributed by atoms with Gasteiger partial charge in [0.1, 0.15) is 18.0 Å². The molecule has 0 unspecified atom stereocenters. The molecule has 2 aromatic rings. The molecule has 0 radical (unpaired) electrons. The van der Waals surface area contributed by atoms with Gasteiger partial charge in [0.2, 0.25) is 11.9 Å². The van der Waals surface area contributed by atoms with Crippen molar-refractivity contribution in [3.05, 3.63) is 36.4 Å². The highest BCUT2D eigenvalue weighted by Gasteiger charge is 2.21. The van der Waals surface area contributed by atoms with Crippen molar-refractivity contribution < 1.29 is 14.3 Å². The van der Waals surface area contributed by atoms with E-state index in [0.717, 1.165) is 5.69 Å². The third-order valence-electron chi connectivity index (χ3n) is 2.95. The van der Waals surface area contributed by atoms with Crippen molar-refractivity contribution in [3.63, 3.8) is 0 Å². The summed E-state index contributed by atoms with van der Waals surface area (Å²) in [6.07, 6.45) is 2.53. The molecular formula is C16H22N6O3. The van der Waals surface area contributed by atoms with Crippen molar-refractivity contribution in [3.8, 4) is 0 Å². The summed E-state index contributed by atoms with van der Waals surface area (Å²) in [4.78, 5) is 32.0. The lowest BCUT2D eigenvalue weighted by Crippen LogP contribution is -2.44. The van der Waals surface area contributed by atoms with Gasteiger partial charge in [0, 0.05) is 6.20 Å². The van der Waals surface area contributed by atoms with Crippen LogP contribution in [0.25, 0.3) is 0 Å². The van der Waals surface area contributed by atoms with Gasteiger partial charge in [0.15, 0.2) is 0 Å². The van der Waals surface area contributed by atoms with Gasteiger partial charge in [-0.3, -0.25) is 15.1 Å². The fourth-order valence-corrected chi connectivity index (χ4v) is 1.85. The van der Waals surface area contributed by atoms with Gasteiger partial charge in [-0.15, -0.1) is 5.10 Å². The van der Waals surface area contributed by atoms with Crippen LogP contribution in [0.15, 0.2) is 30.7 Å². The number of pyridine rings is 1. The Hall–Kier alpha value is -2.97. The zero-order valence-electron chi connectivity index (χ0n) is 14.7. The zero-order valence-corrected chi connectivity index (χ0v) is 14.7. The Morgan fingerprint density at radius 3 is 2.68 bits per heavy atom. The summed E-state index contributed by atoms with van der Waals surface area (Å²) < 4.78 is 6.67. The highest BCUT2D eigenvalue weighted by Crippen LogP contribution is 2.07. The molecular weight excluding hydrogens is 324 g/mol. The van der Waals surface area contributed by atoms with Gasteiger partial charge in [0.05, 0.1) is 12.2 Å². The van der Waals surface area contributed by atoms with Gasteiger partial charge < -0.3 is 10.1 Å². The van der Waals surface area contributed by atoms with Crippen LogP contribution >= 0.6 is 0 Å². The lowest BCUT2D eigenvalue weighted by molar-refractivity contribution is -0.117. The maximum atomic E-state index is 12.1. The number of carbonyl (C=O) groups excluding carboxylic acids is 2. The summed E-state index contributed by atoms with van der Waals surface area (Å²) in [6, 6.07) is 4.78. The molecule has 0 aliphatic carbocycles. The molecule has 0 saturated heterocycles. The Balaban J connectivity index is 1.87. The predicted octanol–water partition coefficient (Wildman–Crippen LogP) is 1.57. The fraction of sp³-hybridized carbons (Fsp3) is 0.438. The summed E-state index contributed by atoms with van der Waals surface area (Å²) in [6.45, 7) is 7.22. The van der Waals surface area contributed by atoms with Crippen LogP contribution in [0.1, 0.15) is 33.4 Å². The van der Waals surface area contributed by atoms with E-state index in [0.29, 0.717) is 6.54 Å². The van der Waals surface area contributed by atoms with Crippen molar-refractivity contribution in [2.45, 2.75) is 45.9 Å². The molecule has 0 bridgehead atoms. The molecule has 2 amide bonds. The van der Waals surface area contributed by atoms with E-state index in [1.807, 2.05) is 18.2 Å². The number of alkyl carbamates (subject to hydrolysis) is 1. The third-order valence-corrected chi connectivity index (χ3v) is 2.95. The second kappa shape index (κ2) is 7.73. The predicted molar refractivity (Wildman–Crippen MR) is 90.8 cm³/mol. The topological polar surface area (TPSA) is 111 Å². The Morgan fingerprint density at radius 1 is 1.28 bits per heavy atom. The molecule has 0 spiro atoms. The molecule has 0 fully saturated rings. The van der Waals surface area contributed by atoms with Crippen LogP contribution in [0.3, 0.4) is 0 Å². The fourth-order valence-electron chi connectivity index (χ4n) is 1.85. The summed E-state index contributed by atoms with van der Waals surface area (Å²) in [5.41, 5.74) is 0.191. The molecule has 1 atom stereocenters. The van der Waals surface area contributed by atoms with Crippen LogP contribution in [0, 0.1) is 0 Å². The van der Waals surface area contributed by atoms with E-state index >= 15 is 0 Å². The highest BCUT2D eigenvalue weighted by molar-refractivity contribution is 5.94. The molecule has 2 heterocycles. The van der Waals surface area contributed by atoms with E-state index in [1.54, 1.807) is 38.6 Å². The molecule has 0 aliphatic rings. The average Bonchev–Trinajstić information content (AvgIpc) is 2.93. The van der Waals surface area contributed by atoms with Crippen molar-refractivity contribution in [1.82, 2.24) is 25.1 Å². The van der Waals surface area contributed by atoms with E-state index in [2.05, 4.69) is 25.7 Å². The van der Waals surface area contributed by atoms with Crippen LogP contribution in [0.4, 0.5) is 10.7 Å². The van der Waals surface area contributed by atoms with Gasteiger partial charge in [0.25, 0.3) is 0 Å². The van der Waals surface area contributed by atoms with Crippen molar-refractivity contribution in [1.29, 1.82) is 0 Å². The SMILES string of the molecule is C[C@@H](NC(=O)OC(C)(C)C)C(=O)Nc1ncn(Cc2ccccn2)n1. The van der Waals surface area contributed by atoms with Gasteiger partial charge in [-0.05, 0) is 39.8 Å². The first-order valence-electron chi connectivity index (χ1n) is 7.83. The molecule has 25 heavy (non-hydrogen) atoms.